The first-order valence-corrected chi connectivity index (χ1v) is 13.4. The summed E-state index contributed by atoms with van der Waals surface area (Å²) in [6.07, 6.45) is 5.43. The number of thiophene rings is 1. The number of pyridine rings is 1. The van der Waals surface area contributed by atoms with Crippen LogP contribution < -0.4 is 4.90 Å². The molecule has 1 N–H and O–H groups in total. The number of ether oxygens (including phenoxy) is 1. The zero-order chi connectivity index (χ0) is 25.9. The average Bonchev–Trinajstić information content (AvgIpc) is 3.55. The fraction of sp³-hybridized carbons (Fsp3) is 0.345. The summed E-state index contributed by atoms with van der Waals surface area (Å²) in [7, 11) is 1.59. The molecule has 1 saturated carbocycles. The number of benzene rings is 1. The third-order valence-corrected chi connectivity index (χ3v) is 8.25. The van der Waals surface area contributed by atoms with Gasteiger partial charge >= 0.3 is 5.97 Å². The number of nitrogens with zero attached hydrogens (tertiary/aromatic N) is 2. The van der Waals surface area contributed by atoms with E-state index in [1.54, 1.807) is 18.2 Å². The lowest BCUT2D eigenvalue weighted by Crippen LogP contribution is -2.40. The summed E-state index contributed by atoms with van der Waals surface area (Å²) in [4.78, 5) is 32.7. The maximum absolute atomic E-state index is 13.6. The number of hydrogen-bond donors (Lipinski definition) is 1. The lowest BCUT2D eigenvalue weighted by atomic mass is 9.82. The van der Waals surface area contributed by atoms with E-state index < -0.39 is 5.97 Å². The predicted octanol–water partition coefficient (Wildman–Crippen LogP) is 6.73. The van der Waals surface area contributed by atoms with E-state index in [1.165, 1.54) is 11.3 Å². The molecule has 0 bridgehead atoms. The minimum atomic E-state index is -1.04. The predicted molar refractivity (Wildman–Crippen MR) is 145 cm³/mol. The van der Waals surface area contributed by atoms with Crippen molar-refractivity contribution in [3.8, 4) is 21.8 Å². The van der Waals surface area contributed by atoms with Gasteiger partial charge in [-0.3, -0.25) is 9.78 Å². The van der Waals surface area contributed by atoms with Gasteiger partial charge in [0.05, 0.1) is 12.3 Å². The number of anilines is 1. The first kappa shape index (κ1) is 25.2. The molecule has 1 amide bonds. The highest BCUT2D eigenvalue weighted by atomic mass is 32.1. The number of amides is 1. The number of furan rings is 1. The lowest BCUT2D eigenvalue weighted by molar-refractivity contribution is -0.123. The Kier molecular flexibility index (Phi) is 7.39. The van der Waals surface area contributed by atoms with Crippen LogP contribution in [-0.2, 0) is 9.53 Å². The molecular formula is C29H30N2O5S. The molecule has 0 spiro atoms. The van der Waals surface area contributed by atoms with Crippen molar-refractivity contribution >= 4 is 40.0 Å². The zero-order valence-corrected chi connectivity index (χ0v) is 21.8. The smallest absolute Gasteiger partial charge is 0.348 e. The Bertz CT molecular complexity index is 1370. The monoisotopic (exact) mass is 518 g/mol. The molecular weight excluding hydrogens is 488 g/mol. The third kappa shape index (κ3) is 5.31. The van der Waals surface area contributed by atoms with Gasteiger partial charge in [0, 0.05) is 42.3 Å². The molecule has 0 aliphatic heterocycles. The molecule has 0 atom stereocenters. The van der Waals surface area contributed by atoms with Gasteiger partial charge in [0.2, 0.25) is 5.91 Å². The maximum Gasteiger partial charge on any atom is 0.348 e. The van der Waals surface area contributed by atoms with Crippen LogP contribution in [0.3, 0.4) is 0 Å². The molecule has 0 saturated heterocycles. The Morgan fingerprint density at radius 2 is 1.84 bits per heavy atom. The SMILES string of the molecule is COCCN(C(=O)C1CCC(C)CC1)c1cc(-c2ccc(-c3cc4ncccc4o3)cc2)sc1C(=O)O. The average molecular weight is 519 g/mol. The third-order valence-electron chi connectivity index (χ3n) is 7.09. The van der Waals surface area contributed by atoms with Gasteiger partial charge in [0.25, 0.3) is 0 Å². The van der Waals surface area contributed by atoms with Crippen molar-refractivity contribution in [1.29, 1.82) is 0 Å². The van der Waals surface area contributed by atoms with Gasteiger partial charge in [-0.25, -0.2) is 4.79 Å². The number of carboxylic acid groups (broad SMARTS) is 1. The summed E-state index contributed by atoms with van der Waals surface area (Å²) in [5.74, 6) is 0.208. The molecule has 3 aromatic heterocycles. The number of fused-ring (bicyclic) bond motifs is 1. The van der Waals surface area contributed by atoms with E-state index in [0.29, 0.717) is 24.8 Å². The standard InChI is InChI=1S/C29H30N2O5S/c1-18-5-7-21(8-6-18)28(32)31(14-15-35-2)23-17-26(37-27(23)29(33)34)20-11-9-19(10-12-20)25-16-22-24(36-25)4-3-13-30-22/h3-4,9-13,16-18,21H,5-8,14-15H2,1-2H3,(H,33,34). The van der Waals surface area contributed by atoms with E-state index in [9.17, 15) is 14.7 Å². The molecule has 7 nitrogen and oxygen atoms in total. The molecule has 0 radical (unpaired) electrons. The van der Waals surface area contributed by atoms with Crippen LogP contribution in [0.15, 0.2) is 59.1 Å². The van der Waals surface area contributed by atoms with Crippen molar-refractivity contribution in [3.05, 3.63) is 59.6 Å². The van der Waals surface area contributed by atoms with Gasteiger partial charge in [-0.05, 0) is 55.4 Å². The van der Waals surface area contributed by atoms with Crippen molar-refractivity contribution in [1.82, 2.24) is 4.98 Å². The van der Waals surface area contributed by atoms with Crippen molar-refractivity contribution < 1.29 is 23.8 Å². The molecule has 8 heteroatoms. The maximum atomic E-state index is 13.6. The van der Waals surface area contributed by atoms with E-state index in [-0.39, 0.29) is 16.7 Å². The van der Waals surface area contributed by atoms with Crippen LogP contribution in [0.25, 0.3) is 32.9 Å². The lowest BCUT2D eigenvalue weighted by Gasteiger charge is -2.31. The normalized spacial score (nSPS) is 17.7. The van der Waals surface area contributed by atoms with Gasteiger partial charge in [-0.15, -0.1) is 11.3 Å². The number of aromatic nitrogens is 1. The highest BCUT2D eigenvalue weighted by molar-refractivity contribution is 7.18. The molecule has 0 unspecified atom stereocenters. The van der Waals surface area contributed by atoms with Crippen LogP contribution in [0.2, 0.25) is 0 Å². The summed E-state index contributed by atoms with van der Waals surface area (Å²) in [6, 6.07) is 15.2. The van der Waals surface area contributed by atoms with Gasteiger partial charge < -0.3 is 19.2 Å². The molecule has 3 heterocycles. The zero-order valence-electron chi connectivity index (χ0n) is 21.0. The molecule has 1 aliphatic rings. The summed E-state index contributed by atoms with van der Waals surface area (Å²) in [5, 5.41) is 10.0. The number of hydrogen-bond acceptors (Lipinski definition) is 6. The van der Waals surface area contributed by atoms with Gasteiger partial charge in [-0.1, -0.05) is 31.2 Å². The Morgan fingerprint density at radius 3 is 2.51 bits per heavy atom. The quantitative estimate of drug-likeness (QED) is 0.278. The molecule has 1 fully saturated rings. The van der Waals surface area contributed by atoms with Crippen LogP contribution in [0.1, 0.15) is 42.3 Å². The van der Waals surface area contributed by atoms with Crippen LogP contribution in [0.5, 0.6) is 0 Å². The molecule has 1 aliphatic carbocycles. The van der Waals surface area contributed by atoms with Crippen molar-refractivity contribution in [2.45, 2.75) is 32.6 Å². The number of carboxylic acids is 1. The van der Waals surface area contributed by atoms with Gasteiger partial charge in [0.1, 0.15) is 16.2 Å². The topological polar surface area (TPSA) is 92.9 Å². The number of carbonyl (C=O) groups is 2. The highest BCUT2D eigenvalue weighted by Crippen LogP contribution is 2.39. The van der Waals surface area contributed by atoms with Crippen LogP contribution in [0, 0.1) is 11.8 Å². The molecule has 1 aromatic carbocycles. The molecule has 192 valence electrons. The van der Waals surface area contributed by atoms with E-state index >= 15 is 0 Å². The van der Waals surface area contributed by atoms with Crippen LogP contribution in [-0.4, -0.2) is 42.2 Å². The molecule has 5 rings (SSSR count). The summed E-state index contributed by atoms with van der Waals surface area (Å²) >= 11 is 1.18. The number of aromatic carboxylic acids is 1. The van der Waals surface area contributed by atoms with Gasteiger partial charge in [0.15, 0.2) is 5.58 Å². The highest BCUT2D eigenvalue weighted by Gasteiger charge is 2.32. The van der Waals surface area contributed by atoms with Crippen LogP contribution in [0.4, 0.5) is 5.69 Å². The van der Waals surface area contributed by atoms with Crippen molar-refractivity contribution in [2.24, 2.45) is 11.8 Å². The van der Waals surface area contributed by atoms with E-state index in [0.717, 1.165) is 58.5 Å². The van der Waals surface area contributed by atoms with Crippen LogP contribution >= 0.6 is 11.3 Å². The summed E-state index contributed by atoms with van der Waals surface area (Å²) < 4.78 is 11.2. The Balaban J connectivity index is 1.45. The minimum absolute atomic E-state index is 0.00959. The summed E-state index contributed by atoms with van der Waals surface area (Å²) in [5.41, 5.74) is 3.75. The minimum Gasteiger partial charge on any atom is -0.477 e. The largest absolute Gasteiger partial charge is 0.477 e. The Hall–Kier alpha value is -3.49. The first-order valence-electron chi connectivity index (χ1n) is 12.6. The number of carbonyl (C=O) groups excluding carboxylic acids is 1. The van der Waals surface area contributed by atoms with Gasteiger partial charge in [-0.2, -0.15) is 0 Å². The molecule has 4 aromatic rings. The second-order valence-corrected chi connectivity index (χ2v) is 10.7. The fourth-order valence-electron chi connectivity index (χ4n) is 4.95. The van der Waals surface area contributed by atoms with E-state index in [1.807, 2.05) is 48.5 Å². The Morgan fingerprint density at radius 1 is 1.11 bits per heavy atom. The fourth-order valence-corrected chi connectivity index (χ4v) is 5.95. The van der Waals surface area contributed by atoms with E-state index in [4.69, 9.17) is 9.15 Å². The molecule has 37 heavy (non-hydrogen) atoms. The Labute approximate surface area is 219 Å². The first-order chi connectivity index (χ1) is 17.9. The second-order valence-electron chi connectivity index (χ2n) is 9.64. The second kappa shape index (κ2) is 10.9. The van der Waals surface area contributed by atoms with E-state index in [2.05, 4.69) is 11.9 Å². The number of rotatable bonds is 8. The number of methoxy groups -OCH3 is 1. The summed E-state index contributed by atoms with van der Waals surface area (Å²) in [6.45, 7) is 2.87. The van der Waals surface area contributed by atoms with Crippen molar-refractivity contribution in [2.75, 3.05) is 25.2 Å². The van der Waals surface area contributed by atoms with Crippen molar-refractivity contribution in [3.63, 3.8) is 0 Å².